The Hall–Kier alpha value is -1.93. The molecule has 1 N–H and O–H groups in total. The van der Waals surface area contributed by atoms with E-state index in [1.54, 1.807) is 0 Å². The Balaban J connectivity index is 1.80. The Kier molecular flexibility index (Phi) is 5.10. The third-order valence-corrected chi connectivity index (χ3v) is 9.78. The molecule has 6 fully saturated rings. The van der Waals surface area contributed by atoms with Crippen LogP contribution in [0.25, 0.3) is 0 Å². The molecule has 0 amide bonds. The lowest BCUT2D eigenvalue weighted by atomic mass is 9.36. The van der Waals surface area contributed by atoms with Gasteiger partial charge in [0.25, 0.3) is 0 Å². The van der Waals surface area contributed by atoms with E-state index < -0.39 is 52.8 Å². The SMILES string of the molecule is C=C1[C@@H](OC(C)=O)[C@]23[C@H](OC(C)=O)[C@H]1CC[C@H]2[C@]12CCCC(C)(C)[C@H]1[C@H](OC(C)=O)[C@]3(O)OC2. The normalized spacial score (nSPS) is 47.9. The van der Waals surface area contributed by atoms with Crippen molar-refractivity contribution in [2.75, 3.05) is 6.61 Å². The van der Waals surface area contributed by atoms with Crippen molar-refractivity contribution in [2.24, 2.45) is 34.0 Å². The molecule has 0 aromatic rings. The van der Waals surface area contributed by atoms with E-state index in [1.165, 1.54) is 20.8 Å². The molecule has 2 aliphatic heterocycles. The molecule has 4 bridgehead atoms. The van der Waals surface area contributed by atoms with E-state index in [9.17, 15) is 19.5 Å². The highest BCUT2D eigenvalue weighted by atomic mass is 16.7. The maximum atomic E-state index is 12.6. The molecule has 4 aliphatic carbocycles. The molecule has 6 rings (SSSR count). The molecule has 8 heteroatoms. The van der Waals surface area contributed by atoms with Gasteiger partial charge in [0.2, 0.25) is 5.79 Å². The predicted molar refractivity (Wildman–Crippen MR) is 119 cm³/mol. The van der Waals surface area contributed by atoms with Crippen LogP contribution in [-0.2, 0) is 33.3 Å². The number of carbonyl (C=O) groups excluding carboxylic acids is 3. The van der Waals surface area contributed by atoms with E-state index in [0.717, 1.165) is 25.7 Å². The molecule has 0 unspecified atom stereocenters. The van der Waals surface area contributed by atoms with Gasteiger partial charge in [0, 0.05) is 38.0 Å². The van der Waals surface area contributed by atoms with Crippen LogP contribution in [0.2, 0.25) is 0 Å². The molecular formula is C26H36O8. The van der Waals surface area contributed by atoms with Gasteiger partial charge in [-0.2, -0.15) is 0 Å². The molecule has 9 atom stereocenters. The van der Waals surface area contributed by atoms with Crippen LogP contribution in [0, 0.1) is 34.0 Å². The molecule has 188 valence electrons. The highest BCUT2D eigenvalue weighted by Gasteiger charge is 2.87. The lowest BCUT2D eigenvalue weighted by Gasteiger charge is -2.75. The molecule has 6 aliphatic rings. The van der Waals surface area contributed by atoms with Crippen molar-refractivity contribution in [3.63, 3.8) is 0 Å². The Morgan fingerprint density at radius 2 is 1.59 bits per heavy atom. The fraction of sp³-hybridized carbons (Fsp3) is 0.808. The van der Waals surface area contributed by atoms with E-state index in [0.29, 0.717) is 18.6 Å². The molecule has 0 radical (unpaired) electrons. The molecule has 2 saturated heterocycles. The van der Waals surface area contributed by atoms with E-state index in [4.69, 9.17) is 18.9 Å². The zero-order valence-corrected chi connectivity index (χ0v) is 20.7. The minimum Gasteiger partial charge on any atom is -0.461 e. The summed E-state index contributed by atoms with van der Waals surface area (Å²) >= 11 is 0. The van der Waals surface area contributed by atoms with Crippen LogP contribution >= 0.6 is 0 Å². The second kappa shape index (κ2) is 7.29. The molecule has 8 nitrogen and oxygen atoms in total. The molecule has 2 spiro atoms. The maximum absolute atomic E-state index is 12.6. The number of ether oxygens (including phenoxy) is 4. The van der Waals surface area contributed by atoms with Crippen molar-refractivity contribution in [3.8, 4) is 0 Å². The van der Waals surface area contributed by atoms with Gasteiger partial charge in [-0.15, -0.1) is 0 Å². The Labute approximate surface area is 200 Å². The van der Waals surface area contributed by atoms with Crippen molar-refractivity contribution in [1.29, 1.82) is 0 Å². The lowest BCUT2D eigenvalue weighted by Crippen LogP contribution is -2.85. The molecular weight excluding hydrogens is 440 g/mol. The van der Waals surface area contributed by atoms with Gasteiger partial charge in [0.15, 0.2) is 6.10 Å². The number of rotatable bonds is 3. The smallest absolute Gasteiger partial charge is 0.303 e. The number of esters is 3. The zero-order valence-electron chi connectivity index (χ0n) is 20.7. The molecule has 2 heterocycles. The first-order valence-electron chi connectivity index (χ1n) is 12.4. The summed E-state index contributed by atoms with van der Waals surface area (Å²) in [5.41, 5.74) is -1.35. The van der Waals surface area contributed by atoms with Crippen molar-refractivity contribution >= 4 is 17.9 Å². The third-order valence-electron chi connectivity index (χ3n) is 9.78. The van der Waals surface area contributed by atoms with E-state index in [-0.39, 0.29) is 23.2 Å². The predicted octanol–water partition coefficient (Wildman–Crippen LogP) is 2.91. The van der Waals surface area contributed by atoms with E-state index >= 15 is 0 Å². The maximum Gasteiger partial charge on any atom is 0.303 e. The van der Waals surface area contributed by atoms with Crippen LogP contribution in [0.1, 0.15) is 66.7 Å². The largest absolute Gasteiger partial charge is 0.461 e. The third kappa shape index (κ3) is 2.70. The number of fused-ring (bicyclic) bond motifs is 2. The summed E-state index contributed by atoms with van der Waals surface area (Å²) in [6.07, 6.45) is 1.48. The molecule has 0 aromatic carbocycles. The van der Waals surface area contributed by atoms with Crippen LogP contribution in [0.4, 0.5) is 0 Å². The second-order valence-electron chi connectivity index (χ2n) is 11.8. The quantitative estimate of drug-likeness (QED) is 0.376. The minimum atomic E-state index is -2.01. The highest BCUT2D eigenvalue weighted by molar-refractivity contribution is 5.69. The fourth-order valence-corrected chi connectivity index (χ4v) is 9.16. The number of hydrogen-bond acceptors (Lipinski definition) is 8. The first-order chi connectivity index (χ1) is 15.8. The van der Waals surface area contributed by atoms with Crippen molar-refractivity contribution < 1.29 is 38.4 Å². The summed E-state index contributed by atoms with van der Waals surface area (Å²) in [5, 5.41) is 12.6. The average molecular weight is 477 g/mol. The number of hydrogen-bond donors (Lipinski definition) is 1. The van der Waals surface area contributed by atoms with Gasteiger partial charge in [0.05, 0.1) is 6.61 Å². The lowest BCUT2D eigenvalue weighted by molar-refractivity contribution is -0.467. The van der Waals surface area contributed by atoms with Crippen LogP contribution in [0.5, 0.6) is 0 Å². The first-order valence-corrected chi connectivity index (χ1v) is 12.4. The highest BCUT2D eigenvalue weighted by Crippen LogP contribution is 2.78. The van der Waals surface area contributed by atoms with Crippen LogP contribution < -0.4 is 0 Å². The number of aliphatic hydroxyl groups is 1. The van der Waals surface area contributed by atoms with Gasteiger partial charge < -0.3 is 24.1 Å². The number of carbonyl (C=O) groups is 3. The molecule has 4 saturated carbocycles. The van der Waals surface area contributed by atoms with Gasteiger partial charge in [0.1, 0.15) is 17.6 Å². The van der Waals surface area contributed by atoms with Crippen LogP contribution in [-0.4, -0.2) is 53.7 Å². The summed E-state index contributed by atoms with van der Waals surface area (Å²) in [5.74, 6) is -4.15. The monoisotopic (exact) mass is 476 g/mol. The van der Waals surface area contributed by atoms with Crippen molar-refractivity contribution in [2.45, 2.75) is 90.8 Å². The Morgan fingerprint density at radius 1 is 0.971 bits per heavy atom. The fourth-order valence-electron chi connectivity index (χ4n) is 9.16. The molecule has 0 aromatic heterocycles. The van der Waals surface area contributed by atoms with Crippen molar-refractivity contribution in [1.82, 2.24) is 0 Å². The van der Waals surface area contributed by atoms with Gasteiger partial charge in [-0.3, -0.25) is 14.4 Å². The zero-order chi connectivity index (χ0) is 24.8. The Morgan fingerprint density at radius 3 is 2.21 bits per heavy atom. The van der Waals surface area contributed by atoms with Crippen LogP contribution in [0.15, 0.2) is 12.2 Å². The topological polar surface area (TPSA) is 108 Å². The van der Waals surface area contributed by atoms with Gasteiger partial charge in [-0.25, -0.2) is 0 Å². The first kappa shape index (κ1) is 23.8. The van der Waals surface area contributed by atoms with E-state index in [2.05, 4.69) is 20.4 Å². The van der Waals surface area contributed by atoms with Gasteiger partial charge >= 0.3 is 17.9 Å². The van der Waals surface area contributed by atoms with Crippen LogP contribution in [0.3, 0.4) is 0 Å². The van der Waals surface area contributed by atoms with Crippen molar-refractivity contribution in [3.05, 3.63) is 12.2 Å². The minimum absolute atomic E-state index is 0.159. The summed E-state index contributed by atoms with van der Waals surface area (Å²) in [4.78, 5) is 37.0. The van der Waals surface area contributed by atoms with Gasteiger partial charge in [-0.1, -0.05) is 26.8 Å². The summed E-state index contributed by atoms with van der Waals surface area (Å²) < 4.78 is 24.1. The standard InChI is InChI=1S/C26H36O8/c1-13-17-8-9-18-24-11-7-10-23(5,6)19(24)22(34-16(4)29)26(30,31-12-24)25(18,20(13)32-14(2)27)21(17)33-15(3)28/h17-22,30H,1,7-12H2,2-6H3/t17-,18-,19+,20+,21+,22-,24+,25-,26-/m0/s1. The van der Waals surface area contributed by atoms with Gasteiger partial charge in [-0.05, 0) is 42.6 Å². The summed E-state index contributed by atoms with van der Waals surface area (Å²) in [7, 11) is 0. The Bertz CT molecular complexity index is 956. The summed E-state index contributed by atoms with van der Waals surface area (Å²) in [6.45, 7) is 12.9. The van der Waals surface area contributed by atoms with E-state index in [1.807, 2.05) is 0 Å². The average Bonchev–Trinajstić information content (AvgIpc) is 2.83. The summed E-state index contributed by atoms with van der Waals surface area (Å²) in [6, 6.07) is 0. The second-order valence-corrected chi connectivity index (χ2v) is 11.8. The molecule has 34 heavy (non-hydrogen) atoms.